The fourth-order valence-corrected chi connectivity index (χ4v) is 0.252. The SMILES string of the molecule is CC(C)C(C)(F)C(F)F. The van der Waals surface area contributed by atoms with Crippen molar-refractivity contribution in [3.8, 4) is 0 Å². The van der Waals surface area contributed by atoms with Gasteiger partial charge in [0, 0.05) is 0 Å². The first-order valence-corrected chi connectivity index (χ1v) is 2.86. The molecule has 1 unspecified atom stereocenters. The molecule has 0 aromatic rings. The van der Waals surface area contributed by atoms with E-state index in [1.165, 1.54) is 13.8 Å². The zero-order chi connectivity index (χ0) is 7.65. The summed E-state index contributed by atoms with van der Waals surface area (Å²) in [5.41, 5.74) is -2.33. The van der Waals surface area contributed by atoms with Gasteiger partial charge < -0.3 is 0 Å². The Kier molecular flexibility index (Phi) is 2.52. The first-order chi connectivity index (χ1) is 3.89. The van der Waals surface area contributed by atoms with E-state index in [4.69, 9.17) is 0 Å². The van der Waals surface area contributed by atoms with Crippen molar-refractivity contribution < 1.29 is 13.2 Å². The number of halogens is 3. The van der Waals surface area contributed by atoms with Crippen LogP contribution in [0.4, 0.5) is 13.2 Å². The molecule has 0 aliphatic carbocycles. The Morgan fingerprint density at radius 2 is 1.56 bits per heavy atom. The van der Waals surface area contributed by atoms with E-state index in [0.29, 0.717) is 0 Å². The van der Waals surface area contributed by atoms with Crippen molar-refractivity contribution >= 4 is 0 Å². The molecular weight excluding hydrogens is 129 g/mol. The highest BCUT2D eigenvalue weighted by Crippen LogP contribution is 2.28. The summed E-state index contributed by atoms with van der Waals surface area (Å²) in [7, 11) is 0. The standard InChI is InChI=1S/C6H11F3/c1-4(2)6(3,9)5(7)8/h4-5H,1-3H3. The number of alkyl halides is 3. The summed E-state index contributed by atoms with van der Waals surface area (Å²) in [4.78, 5) is 0. The topological polar surface area (TPSA) is 0 Å². The normalized spacial score (nSPS) is 18.7. The van der Waals surface area contributed by atoms with Crippen molar-refractivity contribution in [1.29, 1.82) is 0 Å². The van der Waals surface area contributed by atoms with Gasteiger partial charge in [-0.2, -0.15) is 0 Å². The maximum atomic E-state index is 12.6. The maximum absolute atomic E-state index is 12.6. The molecule has 0 aromatic heterocycles. The van der Waals surface area contributed by atoms with Gasteiger partial charge in [0.1, 0.15) is 0 Å². The van der Waals surface area contributed by atoms with Gasteiger partial charge in [-0.1, -0.05) is 13.8 Å². The predicted octanol–water partition coefficient (Wildman–Crippen LogP) is 2.64. The van der Waals surface area contributed by atoms with Gasteiger partial charge in [-0.15, -0.1) is 0 Å². The van der Waals surface area contributed by atoms with Crippen molar-refractivity contribution in [2.24, 2.45) is 5.92 Å². The Morgan fingerprint density at radius 1 is 1.22 bits per heavy atom. The monoisotopic (exact) mass is 140 g/mol. The summed E-state index contributed by atoms with van der Waals surface area (Å²) in [6, 6.07) is 0. The molecule has 0 heterocycles. The van der Waals surface area contributed by atoms with Crippen molar-refractivity contribution in [1.82, 2.24) is 0 Å². The lowest BCUT2D eigenvalue weighted by atomic mass is 9.95. The first kappa shape index (κ1) is 8.79. The Morgan fingerprint density at radius 3 is 1.56 bits per heavy atom. The Bertz CT molecular complexity index is 76.3. The minimum absolute atomic E-state index is 0.627. The molecule has 1 atom stereocenters. The molecule has 0 radical (unpaired) electrons. The molecule has 0 amide bonds. The Hall–Kier alpha value is -0.210. The van der Waals surface area contributed by atoms with Crippen LogP contribution in [-0.4, -0.2) is 12.1 Å². The molecule has 0 fully saturated rings. The summed E-state index contributed by atoms with van der Waals surface area (Å²) >= 11 is 0. The van der Waals surface area contributed by atoms with Crippen LogP contribution in [0.15, 0.2) is 0 Å². The molecule has 0 aromatic carbocycles. The molecule has 0 spiro atoms. The van der Waals surface area contributed by atoms with Crippen LogP contribution in [0.25, 0.3) is 0 Å². The lowest BCUT2D eigenvalue weighted by Gasteiger charge is -2.22. The molecule has 0 nitrogen and oxygen atoms in total. The molecule has 0 N–H and O–H groups in total. The Labute approximate surface area is 53.1 Å². The van der Waals surface area contributed by atoms with Gasteiger partial charge in [-0.25, -0.2) is 13.2 Å². The van der Waals surface area contributed by atoms with E-state index in [-0.39, 0.29) is 0 Å². The molecule has 56 valence electrons. The zero-order valence-electron chi connectivity index (χ0n) is 5.79. The van der Waals surface area contributed by atoms with Crippen molar-refractivity contribution in [2.75, 3.05) is 0 Å². The fourth-order valence-electron chi connectivity index (χ4n) is 0.252. The average molecular weight is 140 g/mol. The summed E-state index contributed by atoms with van der Waals surface area (Å²) in [6.07, 6.45) is -2.88. The van der Waals surface area contributed by atoms with E-state index in [0.717, 1.165) is 6.92 Å². The highest BCUT2D eigenvalue weighted by molar-refractivity contribution is 4.79. The van der Waals surface area contributed by atoms with Gasteiger partial charge in [0.2, 0.25) is 0 Å². The third-order valence-corrected chi connectivity index (χ3v) is 1.56. The largest absolute Gasteiger partial charge is 0.272 e. The molecule has 3 heteroatoms. The van der Waals surface area contributed by atoms with Crippen LogP contribution in [0.2, 0.25) is 0 Å². The molecule has 0 aliphatic rings. The third kappa shape index (κ3) is 1.88. The highest BCUT2D eigenvalue weighted by atomic mass is 19.3. The second kappa shape index (κ2) is 2.58. The van der Waals surface area contributed by atoms with E-state index in [1.54, 1.807) is 0 Å². The average Bonchev–Trinajstić information content (AvgIpc) is 1.65. The minimum atomic E-state index is -2.88. The van der Waals surface area contributed by atoms with Crippen LogP contribution in [0.5, 0.6) is 0 Å². The third-order valence-electron chi connectivity index (χ3n) is 1.56. The highest BCUT2D eigenvalue weighted by Gasteiger charge is 2.37. The predicted molar refractivity (Wildman–Crippen MR) is 30.4 cm³/mol. The maximum Gasteiger partial charge on any atom is 0.272 e. The summed E-state index contributed by atoms with van der Waals surface area (Å²) in [5, 5.41) is 0. The van der Waals surface area contributed by atoms with Crippen LogP contribution in [0.3, 0.4) is 0 Å². The van der Waals surface area contributed by atoms with Crippen molar-refractivity contribution in [3.05, 3.63) is 0 Å². The van der Waals surface area contributed by atoms with Gasteiger partial charge in [0.15, 0.2) is 5.67 Å². The molecule has 0 saturated carbocycles. The lowest BCUT2D eigenvalue weighted by molar-refractivity contribution is -0.0515. The number of hydrogen-bond donors (Lipinski definition) is 0. The van der Waals surface area contributed by atoms with Crippen LogP contribution < -0.4 is 0 Å². The molecule has 0 saturated heterocycles. The van der Waals surface area contributed by atoms with E-state index in [1.807, 2.05) is 0 Å². The lowest BCUT2D eigenvalue weighted by Crippen LogP contribution is -2.33. The van der Waals surface area contributed by atoms with Crippen LogP contribution in [0, 0.1) is 5.92 Å². The van der Waals surface area contributed by atoms with Crippen LogP contribution in [-0.2, 0) is 0 Å². The first-order valence-electron chi connectivity index (χ1n) is 2.86. The van der Waals surface area contributed by atoms with Gasteiger partial charge >= 0.3 is 0 Å². The van der Waals surface area contributed by atoms with E-state index in [9.17, 15) is 13.2 Å². The number of hydrogen-bond acceptors (Lipinski definition) is 0. The molecule has 0 aliphatic heterocycles. The van der Waals surface area contributed by atoms with E-state index < -0.39 is 18.0 Å². The Balaban J connectivity index is 4.01. The molecular formula is C6H11F3. The molecule has 0 rings (SSSR count). The molecule has 9 heavy (non-hydrogen) atoms. The zero-order valence-corrected chi connectivity index (χ0v) is 5.79. The van der Waals surface area contributed by atoms with Crippen molar-refractivity contribution in [3.63, 3.8) is 0 Å². The van der Waals surface area contributed by atoms with E-state index in [2.05, 4.69) is 0 Å². The van der Waals surface area contributed by atoms with Gasteiger partial charge in [-0.3, -0.25) is 0 Å². The summed E-state index contributed by atoms with van der Waals surface area (Å²) in [6.45, 7) is 3.79. The van der Waals surface area contributed by atoms with Crippen molar-refractivity contribution in [2.45, 2.75) is 32.9 Å². The molecule has 0 bridgehead atoms. The van der Waals surface area contributed by atoms with Crippen LogP contribution >= 0.6 is 0 Å². The summed E-state index contributed by atoms with van der Waals surface area (Å²) < 4.78 is 36.0. The van der Waals surface area contributed by atoms with E-state index >= 15 is 0 Å². The van der Waals surface area contributed by atoms with Crippen LogP contribution in [0.1, 0.15) is 20.8 Å². The fraction of sp³-hybridized carbons (Fsp3) is 1.00. The summed E-state index contributed by atoms with van der Waals surface area (Å²) in [5.74, 6) is -0.627. The second-order valence-corrected chi connectivity index (χ2v) is 2.61. The quantitative estimate of drug-likeness (QED) is 0.553. The smallest absolute Gasteiger partial charge is 0.238 e. The van der Waals surface area contributed by atoms with Gasteiger partial charge in [0.25, 0.3) is 6.43 Å². The minimum Gasteiger partial charge on any atom is -0.238 e. The second-order valence-electron chi connectivity index (χ2n) is 2.61. The number of rotatable bonds is 2. The van der Waals surface area contributed by atoms with Gasteiger partial charge in [0.05, 0.1) is 0 Å². The van der Waals surface area contributed by atoms with Gasteiger partial charge in [-0.05, 0) is 12.8 Å².